The van der Waals surface area contributed by atoms with E-state index in [2.05, 4.69) is 5.32 Å². The predicted molar refractivity (Wildman–Crippen MR) is 84.6 cm³/mol. The molecule has 0 radical (unpaired) electrons. The van der Waals surface area contributed by atoms with Gasteiger partial charge in [-0.2, -0.15) is 0 Å². The van der Waals surface area contributed by atoms with Gasteiger partial charge in [-0.1, -0.05) is 43.0 Å². The van der Waals surface area contributed by atoms with E-state index >= 15 is 0 Å². The second-order valence-electron chi connectivity index (χ2n) is 5.79. The third kappa shape index (κ3) is 4.35. The van der Waals surface area contributed by atoms with Crippen LogP contribution >= 0.6 is 11.6 Å². The van der Waals surface area contributed by atoms with Gasteiger partial charge in [-0.15, -0.1) is 0 Å². The summed E-state index contributed by atoms with van der Waals surface area (Å²) >= 11 is 6.04. The smallest absolute Gasteiger partial charge is 0.240 e. The Balaban J connectivity index is 1.82. The summed E-state index contributed by atoms with van der Waals surface area (Å²) < 4.78 is 5.73. The van der Waals surface area contributed by atoms with Gasteiger partial charge < -0.3 is 15.8 Å². The number of hydrogen-bond donors (Lipinski definition) is 2. The fraction of sp³-hybridized carbons (Fsp3) is 0.562. The molecule has 0 bridgehead atoms. The molecule has 0 aliphatic heterocycles. The van der Waals surface area contributed by atoms with Gasteiger partial charge in [0.1, 0.15) is 11.9 Å². The van der Waals surface area contributed by atoms with Crippen LogP contribution in [0.2, 0.25) is 5.02 Å². The maximum absolute atomic E-state index is 12.2. The molecule has 0 heterocycles. The first-order valence-corrected chi connectivity index (χ1v) is 7.87. The number of rotatable bonds is 5. The van der Waals surface area contributed by atoms with Gasteiger partial charge in [0.2, 0.25) is 5.91 Å². The molecule has 4 nitrogen and oxygen atoms in total. The Bertz CT molecular complexity index is 487. The van der Waals surface area contributed by atoms with E-state index in [1.54, 1.807) is 6.07 Å². The molecule has 21 heavy (non-hydrogen) atoms. The SMILES string of the molecule is CC(CNC(=O)C1(N)CCCCC1)Oc1ccccc1Cl. The summed E-state index contributed by atoms with van der Waals surface area (Å²) in [6, 6.07) is 7.30. The highest BCUT2D eigenvalue weighted by Crippen LogP contribution is 2.26. The number of carbonyl (C=O) groups is 1. The van der Waals surface area contributed by atoms with Gasteiger partial charge in [-0.3, -0.25) is 4.79 Å². The minimum absolute atomic E-state index is 0.0724. The van der Waals surface area contributed by atoms with Crippen molar-refractivity contribution in [1.82, 2.24) is 5.32 Å². The molecule has 1 atom stereocenters. The predicted octanol–water partition coefficient (Wildman–Crippen LogP) is 2.89. The maximum Gasteiger partial charge on any atom is 0.240 e. The number of hydrogen-bond acceptors (Lipinski definition) is 3. The van der Waals surface area contributed by atoms with Crippen molar-refractivity contribution in [2.75, 3.05) is 6.54 Å². The number of halogens is 1. The second kappa shape index (κ2) is 7.14. The normalized spacial score (nSPS) is 18.8. The van der Waals surface area contributed by atoms with Crippen LogP contribution in [-0.4, -0.2) is 24.1 Å². The minimum Gasteiger partial charge on any atom is -0.487 e. The molecular formula is C16H23ClN2O2. The van der Waals surface area contributed by atoms with E-state index in [1.165, 1.54) is 0 Å². The van der Waals surface area contributed by atoms with Crippen LogP contribution in [0.3, 0.4) is 0 Å². The lowest BCUT2D eigenvalue weighted by Crippen LogP contribution is -2.56. The quantitative estimate of drug-likeness (QED) is 0.879. The zero-order valence-corrected chi connectivity index (χ0v) is 13.2. The molecule has 1 aliphatic rings. The van der Waals surface area contributed by atoms with Crippen LogP contribution in [0.4, 0.5) is 0 Å². The van der Waals surface area contributed by atoms with Crippen molar-refractivity contribution in [1.29, 1.82) is 0 Å². The molecule has 0 aromatic heterocycles. The van der Waals surface area contributed by atoms with Gasteiger partial charge in [0.25, 0.3) is 0 Å². The van der Waals surface area contributed by atoms with Gasteiger partial charge in [-0.25, -0.2) is 0 Å². The molecule has 1 aromatic carbocycles. The van der Waals surface area contributed by atoms with Crippen LogP contribution in [0, 0.1) is 0 Å². The second-order valence-corrected chi connectivity index (χ2v) is 6.19. The van der Waals surface area contributed by atoms with Crippen LogP contribution in [0.1, 0.15) is 39.0 Å². The highest BCUT2D eigenvalue weighted by molar-refractivity contribution is 6.32. The van der Waals surface area contributed by atoms with Crippen molar-refractivity contribution in [3.05, 3.63) is 29.3 Å². The summed E-state index contributed by atoms with van der Waals surface area (Å²) in [5.74, 6) is 0.554. The molecule has 1 aliphatic carbocycles. The standard InChI is InChI=1S/C16H23ClN2O2/c1-12(21-14-8-4-3-7-13(14)17)11-19-15(20)16(18)9-5-2-6-10-16/h3-4,7-8,12H,2,5-6,9-11,18H2,1H3,(H,19,20). The van der Waals surface area contributed by atoms with Crippen LogP contribution < -0.4 is 15.8 Å². The highest BCUT2D eigenvalue weighted by Gasteiger charge is 2.35. The maximum atomic E-state index is 12.2. The minimum atomic E-state index is -0.706. The average molecular weight is 311 g/mol. The molecule has 1 unspecified atom stereocenters. The Morgan fingerprint density at radius 1 is 1.38 bits per heavy atom. The number of nitrogens with two attached hydrogens (primary N) is 1. The topological polar surface area (TPSA) is 64.4 Å². The van der Waals surface area contributed by atoms with Crippen molar-refractivity contribution < 1.29 is 9.53 Å². The van der Waals surface area contributed by atoms with Crippen LogP contribution in [0.15, 0.2) is 24.3 Å². The van der Waals surface area contributed by atoms with Crippen molar-refractivity contribution in [2.24, 2.45) is 5.73 Å². The molecule has 1 aromatic rings. The molecule has 1 saturated carbocycles. The Kier molecular flexibility index (Phi) is 5.48. The van der Waals surface area contributed by atoms with Crippen molar-refractivity contribution in [3.8, 4) is 5.75 Å². The van der Waals surface area contributed by atoms with Crippen molar-refractivity contribution in [3.63, 3.8) is 0 Å². The van der Waals surface area contributed by atoms with Crippen molar-refractivity contribution >= 4 is 17.5 Å². The lowest BCUT2D eigenvalue weighted by Gasteiger charge is -2.32. The molecule has 2 rings (SSSR count). The number of ether oxygens (including phenoxy) is 1. The monoisotopic (exact) mass is 310 g/mol. The first-order valence-electron chi connectivity index (χ1n) is 7.50. The third-order valence-corrected chi connectivity index (χ3v) is 4.23. The first-order chi connectivity index (χ1) is 10.0. The number of benzene rings is 1. The number of carbonyl (C=O) groups excluding carboxylic acids is 1. The first kappa shape index (κ1) is 16.1. The van der Waals surface area contributed by atoms with Crippen molar-refractivity contribution in [2.45, 2.75) is 50.7 Å². The third-order valence-electron chi connectivity index (χ3n) is 3.91. The molecule has 116 valence electrons. The molecule has 0 saturated heterocycles. The molecule has 5 heteroatoms. The number of para-hydroxylation sites is 1. The van der Waals surface area contributed by atoms with E-state index in [1.807, 2.05) is 25.1 Å². The van der Waals surface area contributed by atoms with Gasteiger partial charge >= 0.3 is 0 Å². The lowest BCUT2D eigenvalue weighted by atomic mass is 9.82. The van der Waals surface area contributed by atoms with Crippen LogP contribution in [-0.2, 0) is 4.79 Å². The Morgan fingerprint density at radius 2 is 2.05 bits per heavy atom. The Morgan fingerprint density at radius 3 is 2.71 bits per heavy atom. The van der Waals surface area contributed by atoms with E-state index in [0.717, 1.165) is 32.1 Å². The van der Waals surface area contributed by atoms with Gasteiger partial charge in [0.05, 0.1) is 17.1 Å². The van der Waals surface area contributed by atoms with E-state index in [4.69, 9.17) is 22.1 Å². The summed E-state index contributed by atoms with van der Waals surface area (Å²) in [5.41, 5.74) is 5.49. The average Bonchev–Trinajstić information content (AvgIpc) is 2.48. The molecule has 1 fully saturated rings. The largest absolute Gasteiger partial charge is 0.487 e. The zero-order chi connectivity index (χ0) is 15.3. The highest BCUT2D eigenvalue weighted by atomic mass is 35.5. The van der Waals surface area contributed by atoms with E-state index in [0.29, 0.717) is 17.3 Å². The zero-order valence-electron chi connectivity index (χ0n) is 12.4. The fourth-order valence-corrected chi connectivity index (χ4v) is 2.80. The number of nitrogens with one attached hydrogen (secondary N) is 1. The van der Waals surface area contributed by atoms with E-state index in [-0.39, 0.29) is 12.0 Å². The van der Waals surface area contributed by atoms with E-state index < -0.39 is 5.54 Å². The fourth-order valence-electron chi connectivity index (χ4n) is 2.62. The van der Waals surface area contributed by atoms with Crippen LogP contribution in [0.25, 0.3) is 0 Å². The molecular weight excluding hydrogens is 288 g/mol. The Labute approximate surface area is 131 Å². The van der Waals surface area contributed by atoms with Gasteiger partial charge in [0, 0.05) is 0 Å². The van der Waals surface area contributed by atoms with Gasteiger partial charge in [0.15, 0.2) is 0 Å². The summed E-state index contributed by atoms with van der Waals surface area (Å²) in [6.45, 7) is 2.32. The summed E-state index contributed by atoms with van der Waals surface area (Å²) in [4.78, 5) is 12.2. The van der Waals surface area contributed by atoms with Crippen LogP contribution in [0.5, 0.6) is 5.75 Å². The summed E-state index contributed by atoms with van der Waals surface area (Å²) in [6.07, 6.45) is 4.57. The molecule has 3 N–H and O–H groups in total. The Hall–Kier alpha value is -1.26. The molecule has 1 amide bonds. The van der Waals surface area contributed by atoms with E-state index in [9.17, 15) is 4.79 Å². The number of amides is 1. The summed E-state index contributed by atoms with van der Waals surface area (Å²) in [5, 5.41) is 3.47. The lowest BCUT2D eigenvalue weighted by molar-refractivity contribution is -0.127. The summed E-state index contributed by atoms with van der Waals surface area (Å²) in [7, 11) is 0. The molecule has 0 spiro atoms. The van der Waals surface area contributed by atoms with Gasteiger partial charge in [-0.05, 0) is 31.9 Å².